The van der Waals surface area contributed by atoms with Gasteiger partial charge in [-0.05, 0) is 5.41 Å². The van der Waals surface area contributed by atoms with Gasteiger partial charge in [-0.2, -0.15) is 5.10 Å². The van der Waals surface area contributed by atoms with Crippen molar-refractivity contribution in [2.24, 2.45) is 5.41 Å². The van der Waals surface area contributed by atoms with E-state index in [2.05, 4.69) is 45.2 Å². The third-order valence-electron chi connectivity index (χ3n) is 2.66. The fraction of sp³-hybridized carbons (Fsp3) is 0.417. The van der Waals surface area contributed by atoms with Crippen molar-refractivity contribution in [2.75, 3.05) is 11.9 Å². The number of fused-ring (bicyclic) bond motifs is 1. The molecule has 0 radical (unpaired) electrons. The Labute approximate surface area is 114 Å². The van der Waals surface area contributed by atoms with Crippen molar-refractivity contribution in [1.82, 2.24) is 19.9 Å². The van der Waals surface area contributed by atoms with E-state index in [0.717, 1.165) is 5.33 Å². The van der Waals surface area contributed by atoms with E-state index in [-0.39, 0.29) is 11.3 Å². The van der Waals surface area contributed by atoms with Crippen molar-refractivity contribution in [1.29, 1.82) is 0 Å². The minimum atomic E-state index is -0.118. The summed E-state index contributed by atoms with van der Waals surface area (Å²) in [6.45, 7) is 4.77. The molecule has 6 heteroatoms. The molecule has 1 N–H and O–H groups in total. The van der Waals surface area contributed by atoms with Crippen molar-refractivity contribution < 1.29 is 4.79 Å². The van der Waals surface area contributed by atoms with Gasteiger partial charge < -0.3 is 5.32 Å². The molecule has 0 fully saturated rings. The first-order chi connectivity index (χ1) is 8.53. The maximum atomic E-state index is 12.1. The molecule has 0 saturated carbocycles. The zero-order valence-electron chi connectivity index (χ0n) is 10.4. The molecule has 2 rings (SSSR count). The number of hydrogen-bond acceptors (Lipinski definition) is 3. The summed E-state index contributed by atoms with van der Waals surface area (Å²) in [5, 5.41) is 7.86. The van der Waals surface area contributed by atoms with Crippen LogP contribution in [0.1, 0.15) is 24.2 Å². The maximum Gasteiger partial charge on any atom is 0.255 e. The Morgan fingerprint density at radius 3 is 3.00 bits per heavy atom. The Bertz CT molecular complexity index is 564. The molecule has 2 heterocycles. The number of aromatic nitrogens is 3. The predicted molar refractivity (Wildman–Crippen MR) is 72.9 cm³/mol. The van der Waals surface area contributed by atoms with E-state index in [4.69, 9.17) is 0 Å². The molecule has 0 aliphatic heterocycles. The Hall–Kier alpha value is -1.43. The Morgan fingerprint density at radius 2 is 2.28 bits per heavy atom. The van der Waals surface area contributed by atoms with E-state index in [1.54, 1.807) is 29.3 Å². The SMILES string of the molecule is CC(C)(CBr)CNC(=O)c1cnn2ccncc12. The van der Waals surface area contributed by atoms with Crippen LogP contribution in [0.2, 0.25) is 0 Å². The van der Waals surface area contributed by atoms with Crippen LogP contribution in [0, 0.1) is 5.41 Å². The highest BCUT2D eigenvalue weighted by molar-refractivity contribution is 9.09. The maximum absolute atomic E-state index is 12.1. The van der Waals surface area contributed by atoms with E-state index in [9.17, 15) is 4.79 Å². The van der Waals surface area contributed by atoms with Gasteiger partial charge in [0.15, 0.2) is 0 Å². The molecule has 0 aliphatic rings. The van der Waals surface area contributed by atoms with Gasteiger partial charge in [-0.3, -0.25) is 9.78 Å². The number of nitrogens with zero attached hydrogens (tertiary/aromatic N) is 3. The summed E-state index contributed by atoms with van der Waals surface area (Å²) < 4.78 is 1.64. The highest BCUT2D eigenvalue weighted by Gasteiger charge is 2.19. The number of nitrogens with one attached hydrogen (secondary N) is 1. The lowest BCUT2D eigenvalue weighted by Gasteiger charge is -2.21. The molecule has 0 bridgehead atoms. The van der Waals surface area contributed by atoms with Crippen molar-refractivity contribution >= 4 is 27.4 Å². The molecule has 0 saturated heterocycles. The van der Waals surface area contributed by atoms with E-state index in [1.165, 1.54) is 0 Å². The molecule has 0 spiro atoms. The minimum Gasteiger partial charge on any atom is -0.351 e. The van der Waals surface area contributed by atoms with Crippen LogP contribution in [0.25, 0.3) is 5.52 Å². The van der Waals surface area contributed by atoms with Crippen LogP contribution >= 0.6 is 15.9 Å². The minimum absolute atomic E-state index is 0.0247. The lowest BCUT2D eigenvalue weighted by atomic mass is 9.97. The van der Waals surface area contributed by atoms with E-state index < -0.39 is 0 Å². The Morgan fingerprint density at radius 1 is 1.50 bits per heavy atom. The number of halogens is 1. The predicted octanol–water partition coefficient (Wildman–Crippen LogP) is 1.88. The number of rotatable bonds is 4. The molecule has 0 unspecified atom stereocenters. The quantitative estimate of drug-likeness (QED) is 0.877. The normalized spacial score (nSPS) is 11.7. The van der Waals surface area contributed by atoms with Gasteiger partial charge in [-0.1, -0.05) is 29.8 Å². The van der Waals surface area contributed by atoms with Gasteiger partial charge in [0.2, 0.25) is 0 Å². The Balaban J connectivity index is 2.14. The van der Waals surface area contributed by atoms with Gasteiger partial charge in [0, 0.05) is 24.3 Å². The summed E-state index contributed by atoms with van der Waals surface area (Å²) in [6.07, 6.45) is 6.55. The highest BCUT2D eigenvalue weighted by atomic mass is 79.9. The van der Waals surface area contributed by atoms with Crippen LogP contribution in [0.15, 0.2) is 24.8 Å². The fourth-order valence-corrected chi connectivity index (χ4v) is 1.67. The van der Waals surface area contributed by atoms with Gasteiger partial charge in [0.25, 0.3) is 5.91 Å². The van der Waals surface area contributed by atoms with Crippen molar-refractivity contribution in [3.8, 4) is 0 Å². The van der Waals surface area contributed by atoms with Gasteiger partial charge in [-0.15, -0.1) is 0 Å². The molecule has 18 heavy (non-hydrogen) atoms. The third-order valence-corrected chi connectivity index (χ3v) is 4.18. The first-order valence-corrected chi connectivity index (χ1v) is 6.77. The average Bonchev–Trinajstić information content (AvgIpc) is 2.80. The van der Waals surface area contributed by atoms with E-state index in [1.807, 2.05) is 0 Å². The second-order valence-electron chi connectivity index (χ2n) is 4.94. The topological polar surface area (TPSA) is 59.3 Å². The molecule has 0 aliphatic carbocycles. The largest absolute Gasteiger partial charge is 0.351 e. The van der Waals surface area contributed by atoms with Crippen molar-refractivity contribution in [3.63, 3.8) is 0 Å². The number of hydrogen-bond donors (Lipinski definition) is 1. The van der Waals surface area contributed by atoms with Crippen LogP contribution in [0.4, 0.5) is 0 Å². The standard InChI is InChI=1S/C12H15BrN4O/c1-12(2,7-13)8-15-11(18)9-5-16-17-4-3-14-6-10(9)17/h3-6H,7-8H2,1-2H3,(H,15,18). The van der Waals surface area contributed by atoms with Gasteiger partial charge in [0.1, 0.15) is 0 Å². The first kappa shape index (κ1) is 13.0. The molecule has 96 valence electrons. The van der Waals surface area contributed by atoms with Gasteiger partial charge >= 0.3 is 0 Å². The van der Waals surface area contributed by atoms with Crippen molar-refractivity contribution in [3.05, 3.63) is 30.4 Å². The average molecular weight is 311 g/mol. The molecule has 0 atom stereocenters. The molecule has 1 amide bonds. The second-order valence-corrected chi connectivity index (χ2v) is 5.51. The first-order valence-electron chi connectivity index (χ1n) is 5.65. The fourth-order valence-electron chi connectivity index (χ4n) is 1.47. The Kier molecular flexibility index (Phi) is 3.65. The van der Waals surface area contributed by atoms with Gasteiger partial charge in [0.05, 0.1) is 23.5 Å². The smallest absolute Gasteiger partial charge is 0.255 e. The van der Waals surface area contributed by atoms with Crippen LogP contribution in [-0.2, 0) is 0 Å². The van der Waals surface area contributed by atoms with Gasteiger partial charge in [-0.25, -0.2) is 4.52 Å². The van der Waals surface area contributed by atoms with Crippen LogP contribution in [0.3, 0.4) is 0 Å². The van der Waals surface area contributed by atoms with Crippen LogP contribution in [0.5, 0.6) is 0 Å². The van der Waals surface area contributed by atoms with Crippen LogP contribution in [-0.4, -0.2) is 32.4 Å². The summed E-state index contributed by atoms with van der Waals surface area (Å²) in [7, 11) is 0. The summed E-state index contributed by atoms with van der Waals surface area (Å²) in [5.41, 5.74) is 1.29. The lowest BCUT2D eigenvalue weighted by Crippen LogP contribution is -2.34. The number of carbonyl (C=O) groups excluding carboxylic acids is 1. The molecule has 2 aromatic heterocycles. The number of carbonyl (C=O) groups is 1. The molecule has 2 aromatic rings. The summed E-state index contributed by atoms with van der Waals surface area (Å²) in [4.78, 5) is 16.1. The molecular formula is C12H15BrN4O. The molecule has 5 nitrogen and oxygen atoms in total. The number of alkyl halides is 1. The van der Waals surface area contributed by atoms with E-state index >= 15 is 0 Å². The van der Waals surface area contributed by atoms with Crippen molar-refractivity contribution in [2.45, 2.75) is 13.8 Å². The highest BCUT2D eigenvalue weighted by Crippen LogP contribution is 2.17. The zero-order chi connectivity index (χ0) is 13.2. The number of amides is 1. The third kappa shape index (κ3) is 2.69. The summed E-state index contributed by atoms with van der Waals surface area (Å²) in [6, 6.07) is 0. The summed E-state index contributed by atoms with van der Waals surface area (Å²) >= 11 is 3.43. The molecule has 0 aromatic carbocycles. The zero-order valence-corrected chi connectivity index (χ0v) is 11.9. The van der Waals surface area contributed by atoms with Crippen LogP contribution < -0.4 is 5.32 Å². The monoisotopic (exact) mass is 310 g/mol. The summed E-state index contributed by atoms with van der Waals surface area (Å²) in [5.74, 6) is -0.118. The molecular weight excluding hydrogens is 296 g/mol. The van der Waals surface area contributed by atoms with E-state index in [0.29, 0.717) is 17.6 Å². The lowest BCUT2D eigenvalue weighted by molar-refractivity contribution is 0.0942. The second kappa shape index (κ2) is 5.06.